The fraction of sp³-hybridized carbons (Fsp3) is 0.321. The Morgan fingerprint density at radius 3 is 2.58 bits per heavy atom. The summed E-state index contributed by atoms with van der Waals surface area (Å²) in [5.74, 6) is -0.0992. The number of nitro benzene ring substituents is 1. The van der Waals surface area contributed by atoms with Crippen LogP contribution in [0.25, 0.3) is 0 Å². The highest BCUT2D eigenvalue weighted by Gasteiger charge is 2.37. The molecule has 0 bridgehead atoms. The summed E-state index contributed by atoms with van der Waals surface area (Å²) >= 11 is 4.91. The molecule has 0 saturated heterocycles. The summed E-state index contributed by atoms with van der Waals surface area (Å²) in [6.45, 7) is 1.78. The number of amides is 2. The van der Waals surface area contributed by atoms with Crippen molar-refractivity contribution >= 4 is 56.7 Å². The standard InChI is InChI=1S/C28H29BrN6O4S/c1-16-22(26(36)32-20-12-7-13-21(15-20)35(38)39)24(17-8-6-9-18(29)14-17)34-25(30-16)23(28(33-34)40-2)27(37)31-19-10-4-3-5-11-19/h6-9,12-15,19,24,30H,3-5,10-11H2,1-2H3,(H,31,37)(H,32,36). The summed E-state index contributed by atoms with van der Waals surface area (Å²) in [5.41, 5.74) is 2.36. The Morgan fingerprint density at radius 2 is 1.88 bits per heavy atom. The zero-order valence-electron chi connectivity index (χ0n) is 22.1. The first-order valence-corrected chi connectivity index (χ1v) is 15.0. The zero-order valence-corrected chi connectivity index (χ0v) is 24.5. The molecule has 0 radical (unpaired) electrons. The predicted molar refractivity (Wildman–Crippen MR) is 159 cm³/mol. The maximum absolute atomic E-state index is 13.8. The van der Waals surface area contributed by atoms with E-state index in [-0.39, 0.29) is 17.6 Å². The Labute approximate surface area is 244 Å². The van der Waals surface area contributed by atoms with Crippen molar-refractivity contribution in [2.24, 2.45) is 0 Å². The lowest BCUT2D eigenvalue weighted by Crippen LogP contribution is -2.37. The van der Waals surface area contributed by atoms with E-state index in [0.29, 0.717) is 33.4 Å². The third kappa shape index (κ3) is 5.64. The van der Waals surface area contributed by atoms with E-state index in [1.165, 1.54) is 36.4 Å². The van der Waals surface area contributed by atoms with Crippen LogP contribution in [-0.2, 0) is 4.79 Å². The third-order valence-electron chi connectivity index (χ3n) is 7.19. The van der Waals surface area contributed by atoms with Crippen molar-refractivity contribution in [3.05, 3.63) is 85.5 Å². The Morgan fingerprint density at radius 1 is 1.12 bits per heavy atom. The monoisotopic (exact) mass is 624 g/mol. The molecule has 1 saturated carbocycles. The number of nitrogens with one attached hydrogen (secondary N) is 3. The average molecular weight is 626 g/mol. The topological polar surface area (TPSA) is 131 Å². The number of hydrogen-bond donors (Lipinski definition) is 3. The number of non-ortho nitro benzene ring substituents is 1. The first kappa shape index (κ1) is 27.9. The highest BCUT2D eigenvalue weighted by Crippen LogP contribution is 2.41. The van der Waals surface area contributed by atoms with Gasteiger partial charge in [0.1, 0.15) is 22.4 Å². The predicted octanol–water partition coefficient (Wildman–Crippen LogP) is 6.27. The molecule has 2 heterocycles. The van der Waals surface area contributed by atoms with Crippen LogP contribution in [0.3, 0.4) is 0 Å². The molecule has 2 aliphatic rings. The highest BCUT2D eigenvalue weighted by atomic mass is 79.9. The van der Waals surface area contributed by atoms with Gasteiger partial charge in [0, 0.05) is 34.0 Å². The van der Waals surface area contributed by atoms with Crippen molar-refractivity contribution < 1.29 is 14.5 Å². The summed E-state index contributed by atoms with van der Waals surface area (Å²) in [6, 6.07) is 12.9. The van der Waals surface area contributed by atoms with Crippen LogP contribution >= 0.6 is 27.7 Å². The number of nitrogens with zero attached hydrogens (tertiary/aromatic N) is 3. The summed E-state index contributed by atoms with van der Waals surface area (Å²) in [5, 5.41) is 25.9. The molecule has 1 atom stereocenters. The summed E-state index contributed by atoms with van der Waals surface area (Å²) in [7, 11) is 0. The lowest BCUT2D eigenvalue weighted by atomic mass is 9.94. The van der Waals surface area contributed by atoms with Crippen LogP contribution in [0, 0.1) is 10.1 Å². The van der Waals surface area contributed by atoms with Crippen LogP contribution in [0.2, 0.25) is 0 Å². The number of fused-ring (bicyclic) bond motifs is 1. The van der Waals surface area contributed by atoms with Crippen molar-refractivity contribution in [3.8, 4) is 0 Å². The van der Waals surface area contributed by atoms with E-state index in [4.69, 9.17) is 5.10 Å². The normalized spacial score (nSPS) is 17.1. The minimum atomic E-state index is -0.658. The van der Waals surface area contributed by atoms with Crippen molar-refractivity contribution in [1.29, 1.82) is 0 Å². The van der Waals surface area contributed by atoms with E-state index in [9.17, 15) is 19.7 Å². The first-order valence-electron chi connectivity index (χ1n) is 13.0. The van der Waals surface area contributed by atoms with Gasteiger partial charge >= 0.3 is 0 Å². The molecule has 1 unspecified atom stereocenters. The fourth-order valence-corrected chi connectivity index (χ4v) is 6.30. The Balaban J connectivity index is 1.57. The van der Waals surface area contributed by atoms with Gasteiger partial charge in [0.2, 0.25) is 0 Å². The molecule has 3 aromatic rings. The number of anilines is 2. The largest absolute Gasteiger partial charge is 0.349 e. The minimum Gasteiger partial charge on any atom is -0.349 e. The van der Waals surface area contributed by atoms with Crippen LogP contribution in [0.5, 0.6) is 0 Å². The van der Waals surface area contributed by atoms with Gasteiger partial charge in [-0.15, -0.1) is 11.8 Å². The number of allylic oxidation sites excluding steroid dienone is 1. The van der Waals surface area contributed by atoms with Crippen molar-refractivity contribution in [3.63, 3.8) is 0 Å². The van der Waals surface area contributed by atoms with Gasteiger partial charge in [-0.3, -0.25) is 19.7 Å². The van der Waals surface area contributed by atoms with E-state index in [1.807, 2.05) is 30.5 Å². The number of nitro groups is 1. The minimum absolute atomic E-state index is 0.124. The van der Waals surface area contributed by atoms with Crippen molar-refractivity contribution in [1.82, 2.24) is 15.1 Å². The number of thioether (sulfide) groups is 1. The number of hydrogen-bond acceptors (Lipinski definition) is 7. The molecule has 12 heteroatoms. The molecular weight excluding hydrogens is 596 g/mol. The van der Waals surface area contributed by atoms with E-state index < -0.39 is 16.9 Å². The average Bonchev–Trinajstić information content (AvgIpc) is 3.31. The van der Waals surface area contributed by atoms with Gasteiger partial charge in [-0.05, 0) is 49.8 Å². The second-order valence-electron chi connectivity index (χ2n) is 9.87. The Kier molecular flexibility index (Phi) is 8.27. The number of halogens is 1. The highest BCUT2D eigenvalue weighted by molar-refractivity contribution is 9.10. The first-order chi connectivity index (χ1) is 19.3. The molecule has 2 aromatic carbocycles. The molecule has 2 amide bonds. The van der Waals surface area contributed by atoms with Gasteiger partial charge in [-0.1, -0.05) is 53.4 Å². The SMILES string of the molecule is CSc1nn2c(c1C(=O)NC1CCCCC1)NC(C)=C(C(=O)Nc1cccc([N+](=O)[O-])c1)C2c1cccc(Br)c1. The van der Waals surface area contributed by atoms with Crippen LogP contribution in [0.15, 0.2) is 69.3 Å². The number of carbonyl (C=O) groups excluding carboxylic acids is 2. The lowest BCUT2D eigenvalue weighted by Gasteiger charge is -2.30. The summed E-state index contributed by atoms with van der Waals surface area (Å²) in [4.78, 5) is 38.1. The summed E-state index contributed by atoms with van der Waals surface area (Å²) < 4.78 is 2.52. The number of aromatic nitrogens is 2. The molecule has 1 aliphatic heterocycles. The molecule has 10 nitrogen and oxygen atoms in total. The quantitative estimate of drug-likeness (QED) is 0.160. The van der Waals surface area contributed by atoms with Gasteiger partial charge < -0.3 is 16.0 Å². The van der Waals surface area contributed by atoms with Gasteiger partial charge in [0.15, 0.2) is 0 Å². The molecule has 40 heavy (non-hydrogen) atoms. The van der Waals surface area contributed by atoms with E-state index in [0.717, 1.165) is 35.7 Å². The van der Waals surface area contributed by atoms with Gasteiger partial charge in [-0.25, -0.2) is 4.68 Å². The fourth-order valence-electron chi connectivity index (χ4n) is 5.32. The third-order valence-corrected chi connectivity index (χ3v) is 8.36. The molecule has 1 fully saturated rings. The molecule has 5 rings (SSSR count). The van der Waals surface area contributed by atoms with Crippen LogP contribution in [0.1, 0.15) is 61.0 Å². The lowest BCUT2D eigenvalue weighted by molar-refractivity contribution is -0.384. The number of rotatable bonds is 7. The van der Waals surface area contributed by atoms with Crippen molar-refractivity contribution in [2.75, 3.05) is 16.9 Å². The maximum atomic E-state index is 13.8. The second kappa shape index (κ2) is 11.8. The van der Waals surface area contributed by atoms with Crippen molar-refractivity contribution in [2.45, 2.75) is 56.1 Å². The van der Waals surface area contributed by atoms with Gasteiger partial charge in [0.05, 0.1) is 10.5 Å². The van der Waals surface area contributed by atoms with Gasteiger partial charge in [0.25, 0.3) is 17.5 Å². The van der Waals surface area contributed by atoms with Crippen LogP contribution in [0.4, 0.5) is 17.2 Å². The van der Waals surface area contributed by atoms with Crippen LogP contribution < -0.4 is 16.0 Å². The second-order valence-corrected chi connectivity index (χ2v) is 11.6. The molecule has 1 aromatic heterocycles. The molecular formula is C28H29BrN6O4S. The van der Waals surface area contributed by atoms with E-state index >= 15 is 0 Å². The van der Waals surface area contributed by atoms with Crippen LogP contribution in [-0.4, -0.2) is 38.8 Å². The Bertz CT molecular complexity index is 1510. The molecule has 3 N–H and O–H groups in total. The Hall–Kier alpha value is -3.64. The molecule has 1 aliphatic carbocycles. The number of carbonyl (C=O) groups is 2. The summed E-state index contributed by atoms with van der Waals surface area (Å²) in [6.07, 6.45) is 7.17. The smallest absolute Gasteiger partial charge is 0.271 e. The molecule has 0 spiro atoms. The molecule has 208 valence electrons. The zero-order chi connectivity index (χ0) is 28.4. The van der Waals surface area contributed by atoms with Gasteiger partial charge in [-0.2, -0.15) is 5.10 Å². The van der Waals surface area contributed by atoms with E-state index in [1.54, 1.807) is 17.7 Å². The number of benzene rings is 2. The van der Waals surface area contributed by atoms with E-state index in [2.05, 4.69) is 31.9 Å². The maximum Gasteiger partial charge on any atom is 0.271 e.